The first-order valence-electron chi connectivity index (χ1n) is 9.38. The number of benzene rings is 1. The molecule has 0 saturated heterocycles. The van der Waals surface area contributed by atoms with Gasteiger partial charge in [0, 0.05) is 37.2 Å². The lowest BCUT2D eigenvalue weighted by molar-refractivity contribution is 0.149. The fourth-order valence-electron chi connectivity index (χ4n) is 3.76. The Bertz CT molecular complexity index is 528. The van der Waals surface area contributed by atoms with Gasteiger partial charge in [0.05, 0.1) is 6.10 Å². The number of hydrogen-bond acceptors (Lipinski definition) is 3. The smallest absolute Gasteiger partial charge is 0.0789 e. The summed E-state index contributed by atoms with van der Waals surface area (Å²) in [5, 5.41) is 19.9. The molecular formula is C21H33NO2. The van der Waals surface area contributed by atoms with E-state index in [0.717, 1.165) is 37.9 Å². The first-order chi connectivity index (χ1) is 11.6. The van der Waals surface area contributed by atoms with Gasteiger partial charge in [-0.3, -0.25) is 0 Å². The lowest BCUT2D eigenvalue weighted by atomic mass is 9.94. The van der Waals surface area contributed by atoms with E-state index in [2.05, 4.69) is 49.6 Å². The van der Waals surface area contributed by atoms with Gasteiger partial charge in [0.25, 0.3) is 0 Å². The van der Waals surface area contributed by atoms with E-state index in [9.17, 15) is 10.2 Å². The highest BCUT2D eigenvalue weighted by Crippen LogP contribution is 2.38. The minimum atomic E-state index is -0.439. The van der Waals surface area contributed by atoms with Crippen LogP contribution in [0.5, 0.6) is 0 Å². The highest BCUT2D eigenvalue weighted by molar-refractivity contribution is 5.60. The van der Waals surface area contributed by atoms with Crippen molar-refractivity contribution in [3.05, 3.63) is 42.0 Å². The second-order valence-electron chi connectivity index (χ2n) is 7.21. The highest BCUT2D eigenvalue weighted by atomic mass is 16.3. The van der Waals surface area contributed by atoms with Crippen LogP contribution < -0.4 is 4.90 Å². The summed E-state index contributed by atoms with van der Waals surface area (Å²) in [6.45, 7) is 10.4. The molecule has 0 bridgehead atoms. The van der Waals surface area contributed by atoms with Gasteiger partial charge in [-0.05, 0) is 36.5 Å². The molecule has 1 aromatic rings. The molecule has 0 aliphatic carbocycles. The first-order valence-corrected chi connectivity index (χ1v) is 9.38. The number of para-hydroxylation sites is 1. The van der Waals surface area contributed by atoms with Crippen LogP contribution in [0.4, 0.5) is 5.69 Å². The molecule has 3 heteroatoms. The number of aliphatic hydroxyl groups excluding tert-OH is 2. The predicted molar refractivity (Wildman–Crippen MR) is 102 cm³/mol. The summed E-state index contributed by atoms with van der Waals surface area (Å²) < 4.78 is 0. The summed E-state index contributed by atoms with van der Waals surface area (Å²) in [7, 11) is 0. The summed E-state index contributed by atoms with van der Waals surface area (Å²) in [6, 6.07) is 8.46. The van der Waals surface area contributed by atoms with Crippen LogP contribution in [0.3, 0.4) is 0 Å². The van der Waals surface area contributed by atoms with Crippen molar-refractivity contribution < 1.29 is 10.2 Å². The summed E-state index contributed by atoms with van der Waals surface area (Å²) in [5.41, 5.74) is 3.55. The summed E-state index contributed by atoms with van der Waals surface area (Å²) in [5.74, 6) is 0.545. The molecule has 1 aromatic carbocycles. The van der Waals surface area contributed by atoms with Gasteiger partial charge in [0.2, 0.25) is 0 Å². The van der Waals surface area contributed by atoms with Crippen LogP contribution in [0.2, 0.25) is 0 Å². The topological polar surface area (TPSA) is 43.7 Å². The molecule has 3 nitrogen and oxygen atoms in total. The van der Waals surface area contributed by atoms with Gasteiger partial charge in [-0.15, -0.1) is 0 Å². The minimum absolute atomic E-state index is 0.153. The molecule has 0 spiro atoms. The van der Waals surface area contributed by atoms with Crippen molar-refractivity contribution in [2.75, 3.05) is 24.6 Å². The summed E-state index contributed by atoms with van der Waals surface area (Å²) >= 11 is 0. The molecule has 2 N–H and O–H groups in total. The van der Waals surface area contributed by atoms with Crippen LogP contribution in [0.1, 0.15) is 57.4 Å². The van der Waals surface area contributed by atoms with Gasteiger partial charge >= 0.3 is 0 Å². The summed E-state index contributed by atoms with van der Waals surface area (Å²) in [4.78, 5) is 2.36. The number of nitrogens with zero attached hydrogens (tertiary/aromatic N) is 1. The number of unbranched alkanes of at least 4 members (excludes halogenated alkanes) is 2. The van der Waals surface area contributed by atoms with Crippen molar-refractivity contribution in [2.45, 2.75) is 58.0 Å². The molecule has 2 rings (SSSR count). The highest BCUT2D eigenvalue weighted by Gasteiger charge is 2.30. The fourth-order valence-corrected chi connectivity index (χ4v) is 3.76. The molecule has 1 unspecified atom stereocenters. The zero-order valence-corrected chi connectivity index (χ0v) is 15.2. The van der Waals surface area contributed by atoms with E-state index >= 15 is 0 Å². The van der Waals surface area contributed by atoms with Gasteiger partial charge in [0.1, 0.15) is 0 Å². The molecule has 3 atom stereocenters. The predicted octanol–water partition coefficient (Wildman–Crippen LogP) is 4.11. The van der Waals surface area contributed by atoms with E-state index in [-0.39, 0.29) is 12.5 Å². The molecule has 0 aromatic heterocycles. The molecule has 0 radical (unpaired) electrons. The molecule has 1 aliphatic rings. The Morgan fingerprint density at radius 3 is 2.79 bits per heavy atom. The average molecular weight is 332 g/mol. The third-order valence-corrected chi connectivity index (χ3v) is 5.20. The van der Waals surface area contributed by atoms with Crippen molar-refractivity contribution in [3.8, 4) is 0 Å². The number of fused-ring (bicyclic) bond motifs is 1. The Morgan fingerprint density at radius 2 is 2.08 bits per heavy atom. The lowest BCUT2D eigenvalue weighted by Gasteiger charge is -2.28. The third-order valence-electron chi connectivity index (χ3n) is 5.20. The van der Waals surface area contributed by atoms with Crippen LogP contribution in [0.25, 0.3) is 0 Å². The maximum absolute atomic E-state index is 10.6. The van der Waals surface area contributed by atoms with Gasteiger partial charge in [-0.25, -0.2) is 0 Å². The molecule has 0 fully saturated rings. The second kappa shape index (κ2) is 9.24. The van der Waals surface area contributed by atoms with E-state index in [1.807, 2.05) is 0 Å². The largest absolute Gasteiger partial charge is 0.396 e. The fraction of sp³-hybridized carbons (Fsp3) is 0.619. The van der Waals surface area contributed by atoms with E-state index < -0.39 is 6.10 Å². The average Bonchev–Trinajstić information content (AvgIpc) is 2.92. The Hall–Kier alpha value is -1.32. The van der Waals surface area contributed by atoms with Crippen LogP contribution >= 0.6 is 0 Å². The normalized spacial score (nSPS) is 19.2. The molecule has 134 valence electrons. The standard InChI is InChI=1S/C21H33NO2/c1-4-5-6-9-16(2)21(24)17(3)14-22-15-18(12-13-23)19-10-7-8-11-20(19)22/h7-8,10-11,17-18,21,23-24H,2,4-6,9,12-15H2,1,3H3/t17-,18?,21-/m1/s1. The van der Waals surface area contributed by atoms with Crippen molar-refractivity contribution in [1.82, 2.24) is 0 Å². The number of rotatable bonds is 10. The Balaban J connectivity index is 1.96. The number of aliphatic hydroxyl groups is 2. The molecule has 0 amide bonds. The van der Waals surface area contributed by atoms with Crippen molar-refractivity contribution >= 4 is 5.69 Å². The van der Waals surface area contributed by atoms with Crippen LogP contribution in [-0.2, 0) is 0 Å². The minimum Gasteiger partial charge on any atom is -0.396 e. The van der Waals surface area contributed by atoms with Gasteiger partial charge in [0.15, 0.2) is 0 Å². The molecule has 1 heterocycles. The van der Waals surface area contributed by atoms with E-state index in [1.165, 1.54) is 24.1 Å². The number of hydrogen-bond donors (Lipinski definition) is 2. The third kappa shape index (κ3) is 4.61. The molecule has 1 aliphatic heterocycles. The first kappa shape index (κ1) is 19.0. The molecule has 24 heavy (non-hydrogen) atoms. The Kier molecular flexibility index (Phi) is 7.32. The van der Waals surface area contributed by atoms with Crippen molar-refractivity contribution in [3.63, 3.8) is 0 Å². The monoisotopic (exact) mass is 331 g/mol. The summed E-state index contributed by atoms with van der Waals surface area (Å²) in [6.07, 6.45) is 4.78. The number of anilines is 1. The van der Waals surface area contributed by atoms with E-state index in [1.54, 1.807) is 0 Å². The van der Waals surface area contributed by atoms with Gasteiger partial charge < -0.3 is 15.1 Å². The zero-order chi connectivity index (χ0) is 17.5. The van der Waals surface area contributed by atoms with Crippen LogP contribution in [0.15, 0.2) is 36.4 Å². The maximum Gasteiger partial charge on any atom is 0.0789 e. The molecule has 0 saturated carbocycles. The SMILES string of the molecule is C=C(CCCCC)[C@@H](O)[C@H](C)CN1CC(CCO)c2ccccc21. The van der Waals surface area contributed by atoms with Crippen LogP contribution in [0, 0.1) is 5.92 Å². The second-order valence-corrected chi connectivity index (χ2v) is 7.21. The van der Waals surface area contributed by atoms with E-state index in [0.29, 0.717) is 5.92 Å². The van der Waals surface area contributed by atoms with Crippen molar-refractivity contribution in [2.24, 2.45) is 5.92 Å². The van der Waals surface area contributed by atoms with E-state index in [4.69, 9.17) is 0 Å². The van der Waals surface area contributed by atoms with Crippen molar-refractivity contribution in [1.29, 1.82) is 0 Å². The van der Waals surface area contributed by atoms with Gasteiger partial charge in [-0.1, -0.05) is 51.5 Å². The lowest BCUT2D eigenvalue weighted by Crippen LogP contribution is -2.34. The zero-order valence-electron chi connectivity index (χ0n) is 15.2. The molecular weight excluding hydrogens is 298 g/mol. The Labute approximate surface area is 147 Å². The quantitative estimate of drug-likeness (QED) is 0.501. The maximum atomic E-state index is 10.6. The Morgan fingerprint density at radius 1 is 1.33 bits per heavy atom. The van der Waals surface area contributed by atoms with Crippen LogP contribution in [-0.4, -0.2) is 36.0 Å². The van der Waals surface area contributed by atoms with Gasteiger partial charge in [-0.2, -0.15) is 0 Å².